The van der Waals surface area contributed by atoms with Crippen LogP contribution >= 0.6 is 23.2 Å². The Hall–Kier alpha value is -0.910. The van der Waals surface area contributed by atoms with Gasteiger partial charge in [-0.3, -0.25) is 4.79 Å². The lowest BCUT2D eigenvalue weighted by Gasteiger charge is -2.23. The fraction of sp³-hybridized carbons (Fsp3) is 0.615. The van der Waals surface area contributed by atoms with Crippen molar-refractivity contribution in [3.05, 3.63) is 21.7 Å². The molecular formula is C13H15Cl2N3O2. The molecule has 1 aromatic heterocycles. The van der Waals surface area contributed by atoms with Gasteiger partial charge in [-0.15, -0.1) is 0 Å². The molecule has 0 aliphatic carbocycles. The van der Waals surface area contributed by atoms with Crippen LogP contribution in [0.4, 0.5) is 0 Å². The quantitative estimate of drug-likeness (QED) is 0.585. The van der Waals surface area contributed by atoms with Crippen molar-refractivity contribution in [1.29, 1.82) is 0 Å². The van der Waals surface area contributed by atoms with Gasteiger partial charge in [-0.1, -0.05) is 11.6 Å². The predicted octanol–water partition coefficient (Wildman–Crippen LogP) is 1.75. The summed E-state index contributed by atoms with van der Waals surface area (Å²) in [4.78, 5) is 22.5. The first-order valence-corrected chi connectivity index (χ1v) is 7.48. The molecule has 2 aliphatic heterocycles. The van der Waals surface area contributed by atoms with E-state index in [9.17, 15) is 4.79 Å². The van der Waals surface area contributed by atoms with Crippen LogP contribution in [0.1, 0.15) is 17.7 Å². The van der Waals surface area contributed by atoms with Gasteiger partial charge in [0.15, 0.2) is 0 Å². The minimum absolute atomic E-state index is 0.00126. The molecule has 1 saturated heterocycles. The van der Waals surface area contributed by atoms with E-state index in [0.717, 1.165) is 17.7 Å². The molecule has 0 spiro atoms. The van der Waals surface area contributed by atoms with Gasteiger partial charge in [-0.25, -0.2) is 9.97 Å². The molecule has 5 nitrogen and oxygen atoms in total. The van der Waals surface area contributed by atoms with Crippen LogP contribution in [0.3, 0.4) is 0 Å². The van der Waals surface area contributed by atoms with E-state index < -0.39 is 0 Å². The highest BCUT2D eigenvalue weighted by Crippen LogP contribution is 2.24. The van der Waals surface area contributed by atoms with E-state index in [1.54, 1.807) is 0 Å². The van der Waals surface area contributed by atoms with Crippen LogP contribution in [0, 0.1) is 5.92 Å². The molecule has 0 aromatic carbocycles. The fourth-order valence-electron chi connectivity index (χ4n) is 2.73. The molecule has 1 atom stereocenters. The Morgan fingerprint density at radius 1 is 1.25 bits per heavy atom. The zero-order valence-corrected chi connectivity index (χ0v) is 12.5. The van der Waals surface area contributed by atoms with Crippen molar-refractivity contribution in [1.82, 2.24) is 14.9 Å². The number of hydrogen-bond donors (Lipinski definition) is 0. The molecule has 2 aliphatic rings. The number of rotatable bonds is 1. The lowest BCUT2D eigenvalue weighted by atomic mass is 10.1. The number of carbonyl (C=O) groups excluding carboxylic acids is 1. The first-order valence-electron chi connectivity index (χ1n) is 6.72. The maximum atomic E-state index is 12.4. The lowest BCUT2D eigenvalue weighted by molar-refractivity contribution is -0.135. The van der Waals surface area contributed by atoms with Gasteiger partial charge in [-0.2, -0.15) is 0 Å². The highest BCUT2D eigenvalue weighted by atomic mass is 35.5. The Kier molecular flexibility index (Phi) is 4.10. The van der Waals surface area contributed by atoms with Crippen LogP contribution in [0.2, 0.25) is 10.4 Å². The highest BCUT2D eigenvalue weighted by molar-refractivity contribution is 6.32. The monoisotopic (exact) mass is 315 g/mol. The van der Waals surface area contributed by atoms with Crippen LogP contribution in [0.25, 0.3) is 0 Å². The topological polar surface area (TPSA) is 55.3 Å². The third kappa shape index (κ3) is 2.75. The summed E-state index contributed by atoms with van der Waals surface area (Å²) in [5.74, 6) is 0.173. The largest absolute Gasteiger partial charge is 0.381 e. The number of aromatic nitrogens is 2. The second-order valence-corrected chi connectivity index (χ2v) is 5.79. The molecular weight excluding hydrogens is 301 g/mol. The van der Waals surface area contributed by atoms with E-state index in [1.165, 1.54) is 0 Å². The first-order chi connectivity index (χ1) is 9.65. The summed E-state index contributed by atoms with van der Waals surface area (Å²) in [6.45, 7) is 2.51. The summed E-state index contributed by atoms with van der Waals surface area (Å²) in [5.41, 5.74) is 1.77. The molecule has 7 heteroatoms. The van der Waals surface area contributed by atoms with Crippen LogP contribution < -0.4 is 0 Å². The molecule has 0 N–H and O–H groups in total. The number of halogens is 2. The minimum Gasteiger partial charge on any atom is -0.381 e. The summed E-state index contributed by atoms with van der Waals surface area (Å²) in [5, 5.41) is 0.566. The average molecular weight is 316 g/mol. The predicted molar refractivity (Wildman–Crippen MR) is 75.0 cm³/mol. The SMILES string of the molecule is O=C(C1CCOC1)N1CCc2nc(Cl)nc(Cl)c2CC1. The molecule has 1 unspecified atom stereocenters. The molecule has 0 saturated carbocycles. The maximum Gasteiger partial charge on any atom is 0.228 e. The van der Waals surface area contributed by atoms with Gasteiger partial charge in [0.2, 0.25) is 11.2 Å². The van der Waals surface area contributed by atoms with Crippen molar-refractivity contribution < 1.29 is 9.53 Å². The summed E-state index contributed by atoms with van der Waals surface area (Å²) < 4.78 is 5.29. The van der Waals surface area contributed by atoms with E-state index in [2.05, 4.69) is 9.97 Å². The Morgan fingerprint density at radius 2 is 2.05 bits per heavy atom. The van der Waals surface area contributed by atoms with Crippen molar-refractivity contribution in [3.8, 4) is 0 Å². The molecule has 3 heterocycles. The van der Waals surface area contributed by atoms with Crippen LogP contribution in [0.5, 0.6) is 0 Å². The van der Waals surface area contributed by atoms with Crippen molar-refractivity contribution in [2.24, 2.45) is 5.92 Å². The molecule has 1 aromatic rings. The van der Waals surface area contributed by atoms with Crippen molar-refractivity contribution in [3.63, 3.8) is 0 Å². The number of nitrogens with zero attached hydrogens (tertiary/aromatic N) is 3. The van der Waals surface area contributed by atoms with E-state index in [-0.39, 0.29) is 17.1 Å². The zero-order chi connectivity index (χ0) is 14.1. The third-order valence-corrected chi connectivity index (χ3v) is 4.34. The summed E-state index contributed by atoms with van der Waals surface area (Å²) in [6.07, 6.45) is 2.15. The van der Waals surface area contributed by atoms with Crippen molar-refractivity contribution in [2.45, 2.75) is 19.3 Å². The Labute approximate surface area is 127 Å². The molecule has 1 fully saturated rings. The zero-order valence-electron chi connectivity index (χ0n) is 10.9. The average Bonchev–Trinajstić information content (AvgIpc) is 2.85. The number of ether oxygens (including phenoxy) is 1. The molecule has 0 radical (unpaired) electrons. The lowest BCUT2D eigenvalue weighted by Crippen LogP contribution is -2.38. The molecule has 108 valence electrons. The van der Waals surface area contributed by atoms with E-state index in [0.29, 0.717) is 44.3 Å². The van der Waals surface area contributed by atoms with Gasteiger partial charge < -0.3 is 9.64 Å². The smallest absolute Gasteiger partial charge is 0.228 e. The van der Waals surface area contributed by atoms with Crippen molar-refractivity contribution in [2.75, 3.05) is 26.3 Å². The number of amides is 1. The highest BCUT2D eigenvalue weighted by Gasteiger charge is 2.29. The number of hydrogen-bond acceptors (Lipinski definition) is 4. The molecule has 3 rings (SSSR count). The summed E-state index contributed by atoms with van der Waals surface area (Å²) >= 11 is 11.9. The minimum atomic E-state index is 0.00126. The number of carbonyl (C=O) groups is 1. The Bertz CT molecular complexity index is 533. The Balaban J connectivity index is 1.75. The van der Waals surface area contributed by atoms with Gasteiger partial charge in [-0.05, 0) is 24.4 Å². The van der Waals surface area contributed by atoms with Crippen LogP contribution in [0.15, 0.2) is 0 Å². The molecule has 1 amide bonds. The standard InChI is InChI=1S/C13H15Cl2N3O2/c14-11-9-1-4-18(12(19)8-3-6-20-7-8)5-2-10(9)16-13(15)17-11/h8H,1-7H2. The second kappa shape index (κ2) is 5.84. The van der Waals surface area contributed by atoms with Crippen LogP contribution in [-0.2, 0) is 22.4 Å². The van der Waals surface area contributed by atoms with Gasteiger partial charge in [0, 0.05) is 31.7 Å². The molecule has 0 bridgehead atoms. The van der Waals surface area contributed by atoms with Gasteiger partial charge >= 0.3 is 0 Å². The summed E-state index contributed by atoms with van der Waals surface area (Å²) in [6, 6.07) is 0. The Morgan fingerprint density at radius 3 is 2.80 bits per heavy atom. The first kappa shape index (κ1) is 14.0. The van der Waals surface area contributed by atoms with E-state index >= 15 is 0 Å². The van der Waals surface area contributed by atoms with Gasteiger partial charge in [0.1, 0.15) is 5.15 Å². The third-order valence-electron chi connectivity index (χ3n) is 3.86. The second-order valence-electron chi connectivity index (χ2n) is 5.09. The van der Waals surface area contributed by atoms with Gasteiger partial charge in [0.25, 0.3) is 0 Å². The molecule has 20 heavy (non-hydrogen) atoms. The van der Waals surface area contributed by atoms with E-state index in [1.807, 2.05) is 4.90 Å². The number of fused-ring (bicyclic) bond motifs is 1. The maximum absolute atomic E-state index is 12.4. The normalized spacial score (nSPS) is 22.5. The summed E-state index contributed by atoms with van der Waals surface area (Å²) in [7, 11) is 0. The van der Waals surface area contributed by atoms with Gasteiger partial charge in [0.05, 0.1) is 18.2 Å². The van der Waals surface area contributed by atoms with Crippen molar-refractivity contribution >= 4 is 29.1 Å². The van der Waals surface area contributed by atoms with E-state index in [4.69, 9.17) is 27.9 Å². The van der Waals surface area contributed by atoms with Crippen LogP contribution in [-0.4, -0.2) is 47.1 Å². The fourth-order valence-corrected chi connectivity index (χ4v) is 3.25.